The van der Waals surface area contributed by atoms with E-state index in [0.29, 0.717) is 11.2 Å². The van der Waals surface area contributed by atoms with Gasteiger partial charge in [0.05, 0.1) is 16.1 Å². The van der Waals surface area contributed by atoms with Crippen LogP contribution in [0.2, 0.25) is 0 Å². The first kappa shape index (κ1) is 21.3. The Morgan fingerprint density at radius 1 is 0.931 bits per heavy atom. The molecule has 0 spiro atoms. The molecule has 154 valence electrons. The number of nitrogens with one attached hydrogen (secondary N) is 1. The van der Waals surface area contributed by atoms with Gasteiger partial charge in [0, 0.05) is 11.1 Å². The first-order chi connectivity index (χ1) is 13.8. The Morgan fingerprint density at radius 3 is 2.41 bits per heavy atom. The van der Waals surface area contributed by atoms with E-state index in [-0.39, 0.29) is 4.90 Å². The Bertz CT molecular complexity index is 1060. The molecule has 0 saturated heterocycles. The van der Waals surface area contributed by atoms with E-state index in [0.717, 1.165) is 42.5 Å². The van der Waals surface area contributed by atoms with Gasteiger partial charge in [0.2, 0.25) is 0 Å². The van der Waals surface area contributed by atoms with Gasteiger partial charge < -0.3 is 4.90 Å². The van der Waals surface area contributed by atoms with Crippen LogP contribution in [0.4, 0.5) is 5.69 Å². The average molecular weight is 412 g/mol. The van der Waals surface area contributed by atoms with Crippen LogP contribution in [0.15, 0.2) is 59.5 Å². The average Bonchev–Trinajstić information content (AvgIpc) is 2.68. The zero-order chi connectivity index (χ0) is 20.9. The van der Waals surface area contributed by atoms with E-state index in [9.17, 15) is 8.42 Å². The predicted molar refractivity (Wildman–Crippen MR) is 120 cm³/mol. The van der Waals surface area contributed by atoms with Crippen LogP contribution in [-0.4, -0.2) is 38.9 Å². The first-order valence-corrected chi connectivity index (χ1v) is 11.5. The Labute approximate surface area is 173 Å². The molecule has 0 saturated carbocycles. The summed E-state index contributed by atoms with van der Waals surface area (Å²) < 4.78 is 28.3. The van der Waals surface area contributed by atoms with Crippen LogP contribution in [0.5, 0.6) is 0 Å². The van der Waals surface area contributed by atoms with Crippen molar-refractivity contribution in [2.24, 2.45) is 0 Å². The van der Waals surface area contributed by atoms with Crippen molar-refractivity contribution >= 4 is 26.6 Å². The summed E-state index contributed by atoms with van der Waals surface area (Å²) in [5.41, 5.74) is 3.21. The number of aryl methyl sites for hydroxylation is 2. The van der Waals surface area contributed by atoms with Gasteiger partial charge in [-0.3, -0.25) is 9.71 Å². The lowest BCUT2D eigenvalue weighted by molar-refractivity contribution is 0.391. The molecule has 3 aromatic rings. The minimum absolute atomic E-state index is 0.247. The van der Waals surface area contributed by atoms with Gasteiger partial charge in [-0.2, -0.15) is 0 Å². The number of fused-ring (bicyclic) bond motifs is 1. The van der Waals surface area contributed by atoms with Crippen molar-refractivity contribution < 1.29 is 8.42 Å². The molecule has 6 heteroatoms. The largest absolute Gasteiger partial charge is 0.309 e. The summed E-state index contributed by atoms with van der Waals surface area (Å²) in [6, 6.07) is 16.4. The second-order valence-electron chi connectivity index (χ2n) is 7.71. The number of unbranched alkanes of at least 4 members (excludes halogenated alkanes) is 2. The van der Waals surface area contributed by atoms with Crippen molar-refractivity contribution in [2.45, 2.75) is 37.5 Å². The molecular formula is C23H29N3O2S. The molecule has 2 aromatic carbocycles. The first-order valence-electron chi connectivity index (χ1n) is 9.98. The Morgan fingerprint density at radius 2 is 1.69 bits per heavy atom. The predicted octanol–water partition coefficient (Wildman–Crippen LogP) is 4.62. The molecule has 5 nitrogen and oxygen atoms in total. The molecule has 0 atom stereocenters. The number of benzene rings is 2. The van der Waals surface area contributed by atoms with Crippen LogP contribution in [0.25, 0.3) is 10.9 Å². The van der Waals surface area contributed by atoms with Crippen LogP contribution in [0.3, 0.4) is 0 Å². The molecule has 0 aliphatic carbocycles. The number of sulfonamides is 1. The van der Waals surface area contributed by atoms with Gasteiger partial charge in [-0.25, -0.2) is 8.42 Å². The number of nitrogens with zero attached hydrogens (tertiary/aromatic N) is 2. The molecule has 0 radical (unpaired) electrons. The molecule has 1 aromatic heterocycles. The number of hydrogen-bond donors (Lipinski definition) is 1. The summed E-state index contributed by atoms with van der Waals surface area (Å²) in [6.45, 7) is 3.02. The fourth-order valence-corrected chi connectivity index (χ4v) is 4.31. The molecule has 29 heavy (non-hydrogen) atoms. The van der Waals surface area contributed by atoms with Crippen LogP contribution in [0, 0.1) is 6.92 Å². The Hall–Kier alpha value is -2.44. The second kappa shape index (κ2) is 9.37. The van der Waals surface area contributed by atoms with E-state index in [4.69, 9.17) is 4.98 Å². The van der Waals surface area contributed by atoms with Gasteiger partial charge in [0.25, 0.3) is 10.0 Å². The lowest BCUT2D eigenvalue weighted by atomic mass is 10.1. The molecule has 0 unspecified atom stereocenters. The zero-order valence-corrected chi connectivity index (χ0v) is 18.2. The standard InChI is InChI=1S/C23H29N3O2S/c1-18-11-15-21(16-12-18)29(27,28)25-22-10-7-8-19-13-14-20(24-23(19)22)9-5-4-6-17-26(2)3/h7-8,10-16,25H,4-6,9,17H2,1-3H3. The zero-order valence-electron chi connectivity index (χ0n) is 17.4. The third-order valence-electron chi connectivity index (χ3n) is 4.89. The summed E-state index contributed by atoms with van der Waals surface area (Å²) >= 11 is 0. The van der Waals surface area contributed by atoms with Gasteiger partial charge in [0.1, 0.15) is 0 Å². The minimum atomic E-state index is -3.66. The van der Waals surface area contributed by atoms with E-state index >= 15 is 0 Å². The van der Waals surface area contributed by atoms with Crippen molar-refractivity contribution in [1.82, 2.24) is 9.88 Å². The van der Waals surface area contributed by atoms with Crippen molar-refractivity contribution in [3.8, 4) is 0 Å². The van der Waals surface area contributed by atoms with Gasteiger partial charge in [-0.1, -0.05) is 42.3 Å². The maximum atomic E-state index is 12.8. The molecule has 0 fully saturated rings. The van der Waals surface area contributed by atoms with Crippen molar-refractivity contribution in [3.05, 3.63) is 65.9 Å². The highest BCUT2D eigenvalue weighted by Gasteiger charge is 2.16. The van der Waals surface area contributed by atoms with E-state index in [1.165, 1.54) is 6.42 Å². The number of pyridine rings is 1. The quantitative estimate of drug-likeness (QED) is 0.522. The fraction of sp³-hybridized carbons (Fsp3) is 0.348. The van der Waals surface area contributed by atoms with E-state index in [2.05, 4.69) is 23.7 Å². The smallest absolute Gasteiger partial charge is 0.261 e. The lowest BCUT2D eigenvalue weighted by Gasteiger charge is -2.12. The maximum absolute atomic E-state index is 12.8. The van der Waals surface area contributed by atoms with Gasteiger partial charge in [-0.15, -0.1) is 0 Å². The lowest BCUT2D eigenvalue weighted by Crippen LogP contribution is -2.13. The molecule has 3 rings (SSSR count). The maximum Gasteiger partial charge on any atom is 0.261 e. The topological polar surface area (TPSA) is 62.3 Å². The number of hydrogen-bond acceptors (Lipinski definition) is 4. The van der Waals surface area contributed by atoms with Crippen LogP contribution in [0.1, 0.15) is 30.5 Å². The summed E-state index contributed by atoms with van der Waals surface area (Å²) in [7, 11) is 0.513. The molecule has 0 aliphatic rings. The summed E-state index contributed by atoms with van der Waals surface area (Å²) in [5, 5.41) is 0.922. The normalized spacial score (nSPS) is 11.9. The summed E-state index contributed by atoms with van der Waals surface area (Å²) in [5.74, 6) is 0. The Balaban J connectivity index is 1.78. The highest BCUT2D eigenvalue weighted by molar-refractivity contribution is 7.92. The molecule has 1 heterocycles. The molecule has 0 amide bonds. The third-order valence-corrected chi connectivity index (χ3v) is 6.27. The highest BCUT2D eigenvalue weighted by atomic mass is 32.2. The second-order valence-corrected chi connectivity index (χ2v) is 9.39. The van der Waals surface area contributed by atoms with Gasteiger partial charge in [-0.05, 0) is 71.1 Å². The van der Waals surface area contributed by atoms with Gasteiger partial charge >= 0.3 is 0 Å². The molecule has 0 aliphatic heterocycles. The number of anilines is 1. The van der Waals surface area contributed by atoms with E-state index in [1.807, 2.05) is 31.2 Å². The highest BCUT2D eigenvalue weighted by Crippen LogP contribution is 2.25. The van der Waals surface area contributed by atoms with Crippen LogP contribution in [-0.2, 0) is 16.4 Å². The third kappa shape index (κ3) is 5.78. The fourth-order valence-electron chi connectivity index (χ4n) is 3.24. The van der Waals surface area contributed by atoms with E-state index < -0.39 is 10.0 Å². The van der Waals surface area contributed by atoms with Crippen molar-refractivity contribution in [3.63, 3.8) is 0 Å². The monoisotopic (exact) mass is 411 g/mol. The number of rotatable bonds is 9. The number of aromatic nitrogens is 1. The molecular weight excluding hydrogens is 382 g/mol. The van der Waals surface area contributed by atoms with Crippen molar-refractivity contribution in [2.75, 3.05) is 25.4 Å². The summed E-state index contributed by atoms with van der Waals surface area (Å²) in [6.07, 6.45) is 4.29. The minimum Gasteiger partial charge on any atom is -0.309 e. The number of para-hydroxylation sites is 1. The molecule has 0 bridgehead atoms. The van der Waals surface area contributed by atoms with E-state index in [1.54, 1.807) is 30.3 Å². The summed E-state index contributed by atoms with van der Waals surface area (Å²) in [4.78, 5) is 7.21. The van der Waals surface area contributed by atoms with Crippen molar-refractivity contribution in [1.29, 1.82) is 0 Å². The van der Waals surface area contributed by atoms with Gasteiger partial charge in [0.15, 0.2) is 0 Å². The molecule has 1 N–H and O–H groups in total. The SMILES string of the molecule is Cc1ccc(S(=O)(=O)Nc2cccc3ccc(CCCCCN(C)C)nc23)cc1. The Kier molecular flexibility index (Phi) is 6.87. The van der Waals surface area contributed by atoms with Crippen LogP contribution >= 0.6 is 0 Å². The van der Waals surface area contributed by atoms with Crippen LogP contribution < -0.4 is 4.72 Å².